The Morgan fingerprint density at radius 2 is 1.08 bits per heavy atom. The molecule has 4 aromatic carbocycles. The zero-order valence-corrected chi connectivity index (χ0v) is 20.0. The molecule has 8 rings (SSSR count). The van der Waals surface area contributed by atoms with Crippen molar-refractivity contribution in [2.24, 2.45) is 11.8 Å². The normalized spacial score (nSPS) is 22.9. The third kappa shape index (κ3) is 3.20. The number of benzene rings is 4. The van der Waals surface area contributed by atoms with E-state index in [-0.39, 0.29) is 29.6 Å². The van der Waals surface area contributed by atoms with Gasteiger partial charge in [-0.2, -0.15) is 0 Å². The second-order valence-electron chi connectivity index (χ2n) is 9.99. The highest BCUT2D eigenvalue weighted by Gasteiger charge is 2.61. The summed E-state index contributed by atoms with van der Waals surface area (Å²) in [6, 6.07) is 32.9. The lowest BCUT2D eigenvalue weighted by atomic mass is 9.55. The highest BCUT2D eigenvalue weighted by molar-refractivity contribution is 6.23. The van der Waals surface area contributed by atoms with Crippen molar-refractivity contribution >= 4 is 23.4 Å². The fourth-order valence-electron chi connectivity index (χ4n) is 6.57. The minimum atomic E-state index is -0.420. The summed E-state index contributed by atoms with van der Waals surface area (Å²) in [5.74, 6) is -1.62. The predicted molar refractivity (Wildman–Crippen MR) is 140 cm³/mol. The third-order valence-electron chi connectivity index (χ3n) is 8.13. The zero-order chi connectivity index (χ0) is 25.1. The van der Waals surface area contributed by atoms with Crippen molar-refractivity contribution < 1.29 is 14.4 Å². The van der Waals surface area contributed by atoms with Gasteiger partial charge in [0.2, 0.25) is 11.8 Å². The molecule has 0 unspecified atom stereocenters. The van der Waals surface area contributed by atoms with Gasteiger partial charge in [0.15, 0.2) is 0 Å². The molecule has 5 heteroatoms. The monoisotopic (exact) mass is 484 g/mol. The number of nitrogens with one attached hydrogen (secondary N) is 1. The maximum atomic E-state index is 13.9. The quantitative estimate of drug-likeness (QED) is 0.414. The molecule has 1 fully saturated rings. The van der Waals surface area contributed by atoms with Gasteiger partial charge in [-0.05, 0) is 52.1 Å². The van der Waals surface area contributed by atoms with Crippen LogP contribution in [0.3, 0.4) is 0 Å². The first-order valence-electron chi connectivity index (χ1n) is 12.6. The molecule has 37 heavy (non-hydrogen) atoms. The van der Waals surface area contributed by atoms with Crippen LogP contribution in [-0.4, -0.2) is 17.7 Å². The van der Waals surface area contributed by atoms with Crippen molar-refractivity contribution in [2.75, 3.05) is 4.90 Å². The van der Waals surface area contributed by atoms with Crippen LogP contribution in [0, 0.1) is 11.8 Å². The van der Waals surface area contributed by atoms with Crippen LogP contribution in [0.15, 0.2) is 103 Å². The maximum Gasteiger partial charge on any atom is 0.251 e. The number of carbonyl (C=O) groups excluding carboxylic acids is 3. The molecule has 1 heterocycles. The van der Waals surface area contributed by atoms with Gasteiger partial charge in [-0.15, -0.1) is 0 Å². The van der Waals surface area contributed by atoms with Crippen molar-refractivity contribution in [1.82, 2.24) is 5.32 Å². The molecule has 1 saturated heterocycles. The minimum absolute atomic E-state index is 0.133. The average molecular weight is 485 g/mol. The summed E-state index contributed by atoms with van der Waals surface area (Å²) >= 11 is 0. The van der Waals surface area contributed by atoms with E-state index in [1.54, 1.807) is 24.3 Å². The second-order valence-corrected chi connectivity index (χ2v) is 9.99. The number of imide groups is 1. The van der Waals surface area contributed by atoms with Gasteiger partial charge < -0.3 is 5.32 Å². The number of anilines is 1. The number of nitrogens with zero attached hydrogens (tertiary/aromatic N) is 1. The number of carbonyl (C=O) groups is 3. The van der Waals surface area contributed by atoms with E-state index in [9.17, 15) is 14.4 Å². The van der Waals surface area contributed by atoms with Crippen molar-refractivity contribution in [3.8, 4) is 0 Å². The van der Waals surface area contributed by atoms with Crippen LogP contribution in [0.4, 0.5) is 5.69 Å². The van der Waals surface area contributed by atoms with Crippen LogP contribution < -0.4 is 10.2 Å². The van der Waals surface area contributed by atoms with Crippen LogP contribution in [0.1, 0.15) is 50.0 Å². The van der Waals surface area contributed by atoms with E-state index in [1.165, 1.54) is 4.90 Å². The first kappa shape index (κ1) is 21.7. The highest BCUT2D eigenvalue weighted by atomic mass is 16.2. The van der Waals surface area contributed by atoms with Crippen molar-refractivity contribution in [2.45, 2.75) is 18.4 Å². The molecule has 2 bridgehead atoms. The van der Waals surface area contributed by atoms with Crippen molar-refractivity contribution in [1.29, 1.82) is 0 Å². The molecular weight excluding hydrogens is 460 g/mol. The molecule has 3 amide bonds. The number of hydrogen-bond acceptors (Lipinski definition) is 3. The van der Waals surface area contributed by atoms with Gasteiger partial charge in [-0.3, -0.25) is 14.4 Å². The van der Waals surface area contributed by atoms with Crippen LogP contribution in [0.2, 0.25) is 0 Å². The zero-order valence-electron chi connectivity index (χ0n) is 20.0. The summed E-state index contributed by atoms with van der Waals surface area (Å²) in [5.41, 5.74) is 6.62. The summed E-state index contributed by atoms with van der Waals surface area (Å²) in [4.78, 5) is 41.7. The number of amides is 3. The van der Waals surface area contributed by atoms with E-state index >= 15 is 0 Å². The molecule has 0 aromatic heterocycles. The number of rotatable bonds is 4. The highest BCUT2D eigenvalue weighted by Crippen LogP contribution is 2.61. The van der Waals surface area contributed by atoms with Gasteiger partial charge in [0, 0.05) is 23.9 Å². The summed E-state index contributed by atoms with van der Waals surface area (Å²) in [6.07, 6.45) is 0. The predicted octanol–water partition coefficient (Wildman–Crippen LogP) is 5.01. The molecule has 1 N–H and O–H groups in total. The fourth-order valence-corrected chi connectivity index (χ4v) is 6.57. The average Bonchev–Trinajstić information content (AvgIpc) is 3.22. The minimum Gasteiger partial charge on any atom is -0.348 e. The van der Waals surface area contributed by atoms with Crippen molar-refractivity contribution in [3.63, 3.8) is 0 Å². The Morgan fingerprint density at radius 1 is 0.622 bits per heavy atom. The Bertz CT molecular complexity index is 1450. The van der Waals surface area contributed by atoms with Crippen molar-refractivity contribution in [3.05, 3.63) is 137 Å². The summed E-state index contributed by atoms with van der Waals surface area (Å²) in [5, 5.41) is 2.92. The van der Waals surface area contributed by atoms with Crippen LogP contribution in [0.5, 0.6) is 0 Å². The Kier molecular flexibility index (Phi) is 4.86. The van der Waals surface area contributed by atoms with E-state index < -0.39 is 11.8 Å². The number of hydrogen-bond donors (Lipinski definition) is 1. The molecule has 2 atom stereocenters. The Balaban J connectivity index is 1.19. The Morgan fingerprint density at radius 3 is 1.57 bits per heavy atom. The standard InChI is InChI=1S/C32H24N2O3/c35-30(33-18-19-8-2-1-3-9-19)20-14-16-21(17-15-20)34-31(36)28-26-22-10-4-5-11-23(22)27(29(28)32(34)37)25-13-7-6-12-24(25)26/h1-17,26-29H,18H2,(H,33,35)/t26?,27?,28-,29+. The van der Waals surface area contributed by atoms with E-state index in [2.05, 4.69) is 29.6 Å². The largest absolute Gasteiger partial charge is 0.348 e. The smallest absolute Gasteiger partial charge is 0.251 e. The molecule has 1 aliphatic heterocycles. The topological polar surface area (TPSA) is 66.5 Å². The van der Waals surface area contributed by atoms with Gasteiger partial charge in [-0.1, -0.05) is 78.9 Å². The SMILES string of the molecule is O=C(NCc1ccccc1)c1ccc(N2C(=O)[C@@H]3C4c5ccccc5C(c5ccccc54)[C@@H]3C2=O)cc1. The van der Waals surface area contributed by atoms with E-state index in [0.717, 1.165) is 27.8 Å². The van der Waals surface area contributed by atoms with Gasteiger partial charge >= 0.3 is 0 Å². The lowest BCUT2D eigenvalue weighted by molar-refractivity contribution is -0.122. The summed E-state index contributed by atoms with van der Waals surface area (Å²) < 4.78 is 0. The van der Waals surface area contributed by atoms with Gasteiger partial charge in [0.25, 0.3) is 5.91 Å². The van der Waals surface area contributed by atoms with Gasteiger partial charge in [0.05, 0.1) is 17.5 Å². The Labute approximate surface area is 214 Å². The second kappa shape index (κ2) is 8.27. The third-order valence-corrected chi connectivity index (χ3v) is 8.13. The molecule has 0 spiro atoms. The molecule has 4 aliphatic rings. The Hall–Kier alpha value is -4.51. The first-order valence-corrected chi connectivity index (χ1v) is 12.6. The first-order chi connectivity index (χ1) is 18.1. The van der Waals surface area contributed by atoms with Crippen LogP contribution in [0.25, 0.3) is 0 Å². The lowest BCUT2D eigenvalue weighted by Gasteiger charge is -2.45. The van der Waals surface area contributed by atoms with Crippen LogP contribution >= 0.6 is 0 Å². The summed E-state index contributed by atoms with van der Waals surface area (Å²) in [6.45, 7) is 0.428. The van der Waals surface area contributed by atoms with E-state index in [4.69, 9.17) is 0 Å². The molecule has 180 valence electrons. The fraction of sp³-hybridized carbons (Fsp3) is 0.156. The molecule has 0 saturated carbocycles. The molecule has 4 aromatic rings. The van der Waals surface area contributed by atoms with E-state index in [0.29, 0.717) is 17.8 Å². The van der Waals surface area contributed by atoms with Gasteiger partial charge in [-0.25, -0.2) is 4.90 Å². The van der Waals surface area contributed by atoms with Gasteiger partial charge in [0.1, 0.15) is 0 Å². The summed E-state index contributed by atoms with van der Waals surface area (Å²) in [7, 11) is 0. The molecule has 3 aliphatic carbocycles. The molecule has 5 nitrogen and oxygen atoms in total. The van der Waals surface area contributed by atoms with Crippen LogP contribution in [-0.2, 0) is 16.1 Å². The molecule has 0 radical (unpaired) electrons. The lowest BCUT2D eigenvalue weighted by Crippen LogP contribution is -2.41. The maximum absolute atomic E-state index is 13.9. The molecular formula is C32H24N2O3. The van der Waals surface area contributed by atoms with E-state index in [1.807, 2.05) is 54.6 Å².